The second-order valence-corrected chi connectivity index (χ2v) is 8.89. The van der Waals surface area contributed by atoms with Gasteiger partial charge in [-0.2, -0.15) is 11.8 Å². The summed E-state index contributed by atoms with van der Waals surface area (Å²) in [7, 11) is 0. The van der Waals surface area contributed by atoms with E-state index < -0.39 is 5.60 Å². The molecule has 27 heavy (non-hydrogen) atoms. The van der Waals surface area contributed by atoms with Gasteiger partial charge in [-0.15, -0.1) is 0 Å². The minimum Gasteiger partial charge on any atom is -0.444 e. The Hall–Kier alpha value is -1.79. The first-order valence-corrected chi connectivity index (χ1v) is 10.6. The summed E-state index contributed by atoms with van der Waals surface area (Å²) in [5.74, 6) is 1.62. The number of amides is 1. The van der Waals surface area contributed by atoms with Crippen molar-refractivity contribution in [3.8, 4) is 0 Å². The van der Waals surface area contributed by atoms with Crippen molar-refractivity contribution in [2.45, 2.75) is 57.1 Å². The normalized spacial score (nSPS) is 18.4. The monoisotopic (exact) mass is 388 g/mol. The molecular formula is C21H28N2O3S. The van der Waals surface area contributed by atoms with Gasteiger partial charge in [-0.25, -0.2) is 4.79 Å². The molecule has 1 N–H and O–H groups in total. The van der Waals surface area contributed by atoms with Crippen molar-refractivity contribution < 1.29 is 14.3 Å². The molecule has 0 radical (unpaired) electrons. The molecule has 2 atom stereocenters. The van der Waals surface area contributed by atoms with Crippen LogP contribution in [0.2, 0.25) is 0 Å². The van der Waals surface area contributed by atoms with Gasteiger partial charge in [-0.3, -0.25) is 4.98 Å². The Balaban J connectivity index is 1.57. The first-order valence-electron chi connectivity index (χ1n) is 9.43. The van der Waals surface area contributed by atoms with E-state index >= 15 is 0 Å². The number of pyridine rings is 1. The molecule has 146 valence electrons. The highest BCUT2D eigenvalue weighted by atomic mass is 32.2. The van der Waals surface area contributed by atoms with E-state index in [-0.39, 0.29) is 18.2 Å². The lowest BCUT2D eigenvalue weighted by Gasteiger charge is -2.26. The van der Waals surface area contributed by atoms with Crippen molar-refractivity contribution in [2.24, 2.45) is 0 Å². The first-order chi connectivity index (χ1) is 12.9. The van der Waals surface area contributed by atoms with Crippen LogP contribution in [0.3, 0.4) is 0 Å². The van der Waals surface area contributed by atoms with E-state index in [1.54, 1.807) is 11.8 Å². The Morgan fingerprint density at radius 1 is 1.41 bits per heavy atom. The number of alkyl carbamates (subject to hydrolysis) is 1. The summed E-state index contributed by atoms with van der Waals surface area (Å²) in [6, 6.07) is 10.2. The standard InChI is InChI=1S/C21H28N2O3S/c1-21(2,3)26-20(24)23-18(19-9-6-10-25-19)14-27-13-15-11-16-7-4-5-8-17(16)22-12-15/h4-5,7-8,11-12,18-19H,6,9-10,13-14H2,1-3H3,(H,23,24)/t18-,19-/m1/s1. The molecule has 1 fully saturated rings. The van der Waals surface area contributed by atoms with E-state index in [9.17, 15) is 4.79 Å². The van der Waals surface area contributed by atoms with Crippen LogP contribution in [0, 0.1) is 0 Å². The van der Waals surface area contributed by atoms with Crippen LogP contribution in [-0.2, 0) is 15.2 Å². The maximum atomic E-state index is 12.2. The number of hydrogen-bond donors (Lipinski definition) is 1. The van der Waals surface area contributed by atoms with Gasteiger partial charge >= 0.3 is 6.09 Å². The maximum Gasteiger partial charge on any atom is 0.407 e. The fourth-order valence-electron chi connectivity index (χ4n) is 3.12. The lowest BCUT2D eigenvalue weighted by atomic mass is 10.1. The largest absolute Gasteiger partial charge is 0.444 e. The molecular weight excluding hydrogens is 360 g/mol. The number of carbonyl (C=O) groups is 1. The molecule has 0 bridgehead atoms. The number of fused-ring (bicyclic) bond motifs is 1. The predicted octanol–water partition coefficient (Wildman–Crippen LogP) is 4.54. The van der Waals surface area contributed by atoms with Gasteiger partial charge in [0.2, 0.25) is 0 Å². The van der Waals surface area contributed by atoms with Gasteiger partial charge in [0.15, 0.2) is 0 Å². The van der Waals surface area contributed by atoms with Crippen LogP contribution in [0.1, 0.15) is 39.2 Å². The number of hydrogen-bond acceptors (Lipinski definition) is 5. The second kappa shape index (κ2) is 8.93. The number of aromatic nitrogens is 1. The molecule has 6 heteroatoms. The molecule has 2 aromatic rings. The molecule has 0 unspecified atom stereocenters. The Morgan fingerprint density at radius 3 is 2.96 bits per heavy atom. The minimum absolute atomic E-state index is 0.0548. The van der Waals surface area contributed by atoms with Crippen LogP contribution in [-0.4, -0.2) is 41.2 Å². The summed E-state index contributed by atoms with van der Waals surface area (Å²) in [6.07, 6.45) is 3.61. The Labute approximate surface area is 165 Å². The van der Waals surface area contributed by atoms with E-state index in [4.69, 9.17) is 9.47 Å². The zero-order valence-corrected chi connectivity index (χ0v) is 17.1. The van der Waals surface area contributed by atoms with Crippen molar-refractivity contribution in [2.75, 3.05) is 12.4 Å². The summed E-state index contributed by atoms with van der Waals surface area (Å²) >= 11 is 1.78. The van der Waals surface area contributed by atoms with Crippen molar-refractivity contribution in [3.05, 3.63) is 42.1 Å². The van der Waals surface area contributed by atoms with Crippen LogP contribution in [0.5, 0.6) is 0 Å². The first kappa shape index (κ1) is 20.0. The smallest absolute Gasteiger partial charge is 0.407 e. The number of thioether (sulfide) groups is 1. The van der Waals surface area contributed by atoms with Gasteiger partial charge in [0.1, 0.15) is 5.60 Å². The fourth-order valence-corrected chi connectivity index (χ4v) is 4.18. The number of carbonyl (C=O) groups excluding carboxylic acids is 1. The third-order valence-corrected chi connectivity index (χ3v) is 5.46. The topological polar surface area (TPSA) is 60.5 Å². The molecule has 0 spiro atoms. The molecule has 1 saturated heterocycles. The Morgan fingerprint density at radius 2 is 2.22 bits per heavy atom. The predicted molar refractivity (Wildman–Crippen MR) is 110 cm³/mol. The zero-order valence-electron chi connectivity index (χ0n) is 16.2. The number of ether oxygens (including phenoxy) is 2. The molecule has 1 aromatic carbocycles. The van der Waals surface area contributed by atoms with Crippen LogP contribution in [0.4, 0.5) is 4.79 Å². The van der Waals surface area contributed by atoms with Crippen molar-refractivity contribution in [1.29, 1.82) is 0 Å². The second-order valence-electron chi connectivity index (χ2n) is 7.86. The zero-order chi connectivity index (χ0) is 19.3. The average molecular weight is 389 g/mol. The Kier molecular flexibility index (Phi) is 6.60. The van der Waals surface area contributed by atoms with Gasteiger partial charge in [0.25, 0.3) is 0 Å². The molecule has 0 aliphatic carbocycles. The molecule has 1 aliphatic rings. The number of nitrogens with one attached hydrogen (secondary N) is 1. The molecule has 3 rings (SSSR count). The quantitative estimate of drug-likeness (QED) is 0.787. The maximum absolute atomic E-state index is 12.2. The number of para-hydroxylation sites is 1. The van der Waals surface area contributed by atoms with Gasteiger partial charge < -0.3 is 14.8 Å². The van der Waals surface area contributed by atoms with E-state index in [1.807, 2.05) is 45.2 Å². The van der Waals surface area contributed by atoms with E-state index in [0.29, 0.717) is 0 Å². The SMILES string of the molecule is CC(C)(C)OC(=O)N[C@H](CSCc1cnc2ccccc2c1)[C@H]1CCCO1. The molecule has 1 aliphatic heterocycles. The van der Waals surface area contributed by atoms with Crippen LogP contribution in [0.25, 0.3) is 10.9 Å². The van der Waals surface area contributed by atoms with Gasteiger partial charge in [-0.05, 0) is 51.3 Å². The van der Waals surface area contributed by atoms with Crippen LogP contribution < -0.4 is 5.32 Å². The Bertz CT molecular complexity index is 769. The highest BCUT2D eigenvalue weighted by Gasteiger charge is 2.29. The lowest BCUT2D eigenvalue weighted by molar-refractivity contribution is 0.0393. The molecule has 1 amide bonds. The number of rotatable bonds is 6. The molecule has 0 saturated carbocycles. The van der Waals surface area contributed by atoms with Crippen molar-refractivity contribution in [1.82, 2.24) is 10.3 Å². The van der Waals surface area contributed by atoms with Gasteiger partial charge in [-0.1, -0.05) is 18.2 Å². The minimum atomic E-state index is -0.505. The average Bonchev–Trinajstić information content (AvgIpc) is 3.14. The summed E-state index contributed by atoms with van der Waals surface area (Å²) in [4.78, 5) is 16.7. The van der Waals surface area contributed by atoms with Gasteiger partial charge in [0.05, 0.1) is 17.7 Å². The molecule has 1 aromatic heterocycles. The van der Waals surface area contributed by atoms with E-state index in [1.165, 1.54) is 5.56 Å². The third-order valence-electron chi connectivity index (χ3n) is 4.33. The van der Waals surface area contributed by atoms with Crippen LogP contribution in [0.15, 0.2) is 36.5 Å². The summed E-state index contributed by atoms with van der Waals surface area (Å²) in [6.45, 7) is 6.37. The summed E-state index contributed by atoms with van der Waals surface area (Å²) in [5.41, 5.74) is 1.69. The summed E-state index contributed by atoms with van der Waals surface area (Å²) in [5, 5.41) is 4.16. The molecule has 2 heterocycles. The van der Waals surface area contributed by atoms with Crippen molar-refractivity contribution in [3.63, 3.8) is 0 Å². The van der Waals surface area contributed by atoms with Gasteiger partial charge in [0, 0.05) is 29.7 Å². The van der Waals surface area contributed by atoms with E-state index in [0.717, 1.165) is 41.9 Å². The number of nitrogens with zero attached hydrogens (tertiary/aromatic N) is 1. The number of benzene rings is 1. The van der Waals surface area contributed by atoms with Crippen LogP contribution >= 0.6 is 11.8 Å². The summed E-state index contributed by atoms with van der Waals surface area (Å²) < 4.78 is 11.2. The van der Waals surface area contributed by atoms with E-state index in [2.05, 4.69) is 22.4 Å². The fraction of sp³-hybridized carbons (Fsp3) is 0.524. The lowest BCUT2D eigenvalue weighted by Crippen LogP contribution is -2.46. The third kappa shape index (κ3) is 6.11. The highest BCUT2D eigenvalue weighted by Crippen LogP contribution is 2.22. The molecule has 5 nitrogen and oxygen atoms in total. The van der Waals surface area contributed by atoms with Crippen molar-refractivity contribution >= 4 is 28.8 Å². The highest BCUT2D eigenvalue weighted by molar-refractivity contribution is 7.98.